The summed E-state index contributed by atoms with van der Waals surface area (Å²) in [5, 5.41) is 9.08. The summed E-state index contributed by atoms with van der Waals surface area (Å²) in [7, 11) is 0. The second kappa shape index (κ2) is 5.19. The Hall–Kier alpha value is -2.38. The van der Waals surface area contributed by atoms with Crippen molar-refractivity contribution in [2.45, 2.75) is 12.8 Å². The van der Waals surface area contributed by atoms with Gasteiger partial charge in [-0.15, -0.1) is 11.6 Å². The van der Waals surface area contributed by atoms with Gasteiger partial charge < -0.3 is 0 Å². The van der Waals surface area contributed by atoms with Crippen LogP contribution >= 0.6 is 11.6 Å². The Morgan fingerprint density at radius 1 is 1.29 bits per heavy atom. The van der Waals surface area contributed by atoms with Crippen molar-refractivity contribution in [3.63, 3.8) is 0 Å². The standard InChI is InChI=1S/C16H11ClFN3/c1-10-2-3-11(9-19)6-15(10)21-14-5-4-12(18)7-13(14)20-16(21)8-17/h2-7H,8H2,1H3. The summed E-state index contributed by atoms with van der Waals surface area (Å²) < 4.78 is 15.2. The molecule has 0 unspecified atom stereocenters. The molecule has 0 bridgehead atoms. The van der Waals surface area contributed by atoms with E-state index in [1.54, 1.807) is 18.2 Å². The molecule has 21 heavy (non-hydrogen) atoms. The predicted molar refractivity (Wildman–Crippen MR) is 80.0 cm³/mol. The summed E-state index contributed by atoms with van der Waals surface area (Å²) in [6, 6.07) is 12.0. The number of nitrogens with zero attached hydrogens (tertiary/aromatic N) is 3. The number of hydrogen-bond donors (Lipinski definition) is 0. The molecule has 0 aliphatic heterocycles. The van der Waals surface area contributed by atoms with Gasteiger partial charge in [-0.1, -0.05) is 6.07 Å². The minimum Gasteiger partial charge on any atom is -0.295 e. The van der Waals surface area contributed by atoms with E-state index >= 15 is 0 Å². The van der Waals surface area contributed by atoms with Crippen LogP contribution in [0, 0.1) is 24.1 Å². The van der Waals surface area contributed by atoms with Gasteiger partial charge in [0.2, 0.25) is 0 Å². The first-order valence-electron chi connectivity index (χ1n) is 6.38. The van der Waals surface area contributed by atoms with Crippen molar-refractivity contribution in [2.75, 3.05) is 0 Å². The molecule has 104 valence electrons. The quantitative estimate of drug-likeness (QED) is 0.669. The number of alkyl halides is 1. The lowest BCUT2D eigenvalue weighted by molar-refractivity contribution is 0.629. The van der Waals surface area contributed by atoms with E-state index in [0.29, 0.717) is 16.9 Å². The molecule has 2 aromatic carbocycles. The van der Waals surface area contributed by atoms with Gasteiger partial charge in [0.25, 0.3) is 0 Å². The number of benzene rings is 2. The second-order valence-electron chi connectivity index (χ2n) is 4.74. The van der Waals surface area contributed by atoms with Gasteiger partial charge in [0.1, 0.15) is 11.6 Å². The fourth-order valence-corrected chi connectivity index (χ4v) is 2.56. The zero-order chi connectivity index (χ0) is 15.0. The largest absolute Gasteiger partial charge is 0.295 e. The molecule has 0 spiro atoms. The van der Waals surface area contributed by atoms with Crippen LogP contribution in [0.1, 0.15) is 17.0 Å². The third-order valence-corrected chi connectivity index (χ3v) is 3.62. The Morgan fingerprint density at radius 2 is 2.10 bits per heavy atom. The molecule has 0 N–H and O–H groups in total. The van der Waals surface area contributed by atoms with Gasteiger partial charge in [0, 0.05) is 6.07 Å². The van der Waals surface area contributed by atoms with Gasteiger partial charge in [-0.05, 0) is 36.8 Å². The van der Waals surface area contributed by atoms with Crippen molar-refractivity contribution < 1.29 is 4.39 Å². The molecule has 3 aromatic rings. The summed E-state index contributed by atoms with van der Waals surface area (Å²) in [6.07, 6.45) is 0. The van der Waals surface area contributed by atoms with Gasteiger partial charge in [-0.2, -0.15) is 5.26 Å². The highest BCUT2D eigenvalue weighted by atomic mass is 35.5. The van der Waals surface area contributed by atoms with E-state index in [1.165, 1.54) is 12.1 Å². The second-order valence-corrected chi connectivity index (χ2v) is 5.01. The average Bonchev–Trinajstić information content (AvgIpc) is 2.85. The molecule has 1 aromatic heterocycles. The number of nitriles is 1. The van der Waals surface area contributed by atoms with E-state index in [4.69, 9.17) is 16.9 Å². The molecule has 3 nitrogen and oxygen atoms in total. The number of fused-ring (bicyclic) bond motifs is 1. The molecule has 1 heterocycles. The van der Waals surface area contributed by atoms with Crippen LogP contribution in [0.3, 0.4) is 0 Å². The van der Waals surface area contributed by atoms with Crippen molar-refractivity contribution >= 4 is 22.6 Å². The smallest absolute Gasteiger partial charge is 0.129 e. The molecule has 0 aliphatic rings. The topological polar surface area (TPSA) is 41.6 Å². The molecule has 0 radical (unpaired) electrons. The maximum Gasteiger partial charge on any atom is 0.129 e. The van der Waals surface area contributed by atoms with Crippen LogP contribution in [0.4, 0.5) is 4.39 Å². The predicted octanol–water partition coefficient (Wildman–Crippen LogP) is 4.08. The highest BCUT2D eigenvalue weighted by Crippen LogP contribution is 2.26. The molecule has 3 rings (SSSR count). The summed E-state index contributed by atoms with van der Waals surface area (Å²) in [5.41, 5.74) is 3.69. The molecule has 0 saturated carbocycles. The lowest BCUT2D eigenvalue weighted by Gasteiger charge is -2.11. The lowest BCUT2D eigenvalue weighted by atomic mass is 10.1. The van der Waals surface area contributed by atoms with Crippen molar-refractivity contribution in [2.24, 2.45) is 0 Å². The van der Waals surface area contributed by atoms with Crippen LogP contribution in [0.5, 0.6) is 0 Å². The fourth-order valence-electron chi connectivity index (χ4n) is 2.38. The molecular weight excluding hydrogens is 289 g/mol. The molecule has 5 heteroatoms. The molecule has 0 amide bonds. The Kier molecular flexibility index (Phi) is 3.36. The monoisotopic (exact) mass is 299 g/mol. The van der Waals surface area contributed by atoms with Crippen molar-refractivity contribution in [1.29, 1.82) is 5.26 Å². The number of aromatic nitrogens is 2. The van der Waals surface area contributed by atoms with E-state index < -0.39 is 0 Å². The van der Waals surface area contributed by atoms with Crippen LogP contribution < -0.4 is 0 Å². The molecule has 0 aliphatic carbocycles. The van der Waals surface area contributed by atoms with Crippen LogP contribution in [0.15, 0.2) is 36.4 Å². The zero-order valence-electron chi connectivity index (χ0n) is 11.3. The Labute approximate surface area is 126 Å². The van der Waals surface area contributed by atoms with Gasteiger partial charge in [0.05, 0.1) is 34.2 Å². The van der Waals surface area contributed by atoms with E-state index in [1.807, 2.05) is 17.6 Å². The number of aryl methyl sites for hydroxylation is 1. The third kappa shape index (κ3) is 2.26. The molecule has 0 fully saturated rings. The summed E-state index contributed by atoms with van der Waals surface area (Å²) in [5.74, 6) is 0.484. The van der Waals surface area contributed by atoms with E-state index in [9.17, 15) is 4.39 Å². The van der Waals surface area contributed by atoms with E-state index in [-0.39, 0.29) is 11.7 Å². The Morgan fingerprint density at radius 3 is 2.81 bits per heavy atom. The SMILES string of the molecule is Cc1ccc(C#N)cc1-n1c(CCl)nc2cc(F)ccc21. The number of rotatable bonds is 2. The summed E-state index contributed by atoms with van der Waals surface area (Å²) in [6.45, 7) is 1.95. The number of hydrogen-bond acceptors (Lipinski definition) is 2. The number of halogens is 2. The van der Waals surface area contributed by atoms with Crippen molar-refractivity contribution in [3.05, 3.63) is 59.2 Å². The highest BCUT2D eigenvalue weighted by Gasteiger charge is 2.14. The van der Waals surface area contributed by atoms with Crippen molar-refractivity contribution in [3.8, 4) is 11.8 Å². The van der Waals surface area contributed by atoms with E-state index in [2.05, 4.69) is 11.1 Å². The number of imidazole rings is 1. The molecule has 0 saturated heterocycles. The van der Waals surface area contributed by atoms with Crippen LogP contribution in [0.25, 0.3) is 16.7 Å². The van der Waals surface area contributed by atoms with Gasteiger partial charge in [0.15, 0.2) is 0 Å². The summed E-state index contributed by atoms with van der Waals surface area (Å²) >= 11 is 5.98. The fraction of sp³-hybridized carbons (Fsp3) is 0.125. The maximum atomic E-state index is 13.4. The molecular formula is C16H11ClFN3. The van der Waals surface area contributed by atoms with Gasteiger partial charge in [-0.25, -0.2) is 9.37 Å². The van der Waals surface area contributed by atoms with Crippen LogP contribution in [0.2, 0.25) is 0 Å². The normalized spacial score (nSPS) is 10.8. The lowest BCUT2D eigenvalue weighted by Crippen LogP contribution is -2.02. The Bertz CT molecular complexity index is 877. The van der Waals surface area contributed by atoms with Gasteiger partial charge in [-0.3, -0.25) is 4.57 Å². The minimum atomic E-state index is -0.337. The highest BCUT2D eigenvalue weighted by molar-refractivity contribution is 6.17. The van der Waals surface area contributed by atoms with Crippen LogP contribution in [-0.2, 0) is 5.88 Å². The van der Waals surface area contributed by atoms with Crippen molar-refractivity contribution in [1.82, 2.24) is 9.55 Å². The van der Waals surface area contributed by atoms with Crippen LogP contribution in [-0.4, -0.2) is 9.55 Å². The van der Waals surface area contributed by atoms with Gasteiger partial charge >= 0.3 is 0 Å². The first kappa shape index (κ1) is 13.6. The van der Waals surface area contributed by atoms with E-state index in [0.717, 1.165) is 16.8 Å². The first-order chi connectivity index (χ1) is 10.1. The Balaban J connectivity index is 2.36. The average molecular weight is 300 g/mol. The molecule has 0 atom stereocenters. The zero-order valence-corrected chi connectivity index (χ0v) is 12.0. The maximum absolute atomic E-state index is 13.4. The summed E-state index contributed by atoms with van der Waals surface area (Å²) in [4.78, 5) is 4.37. The minimum absolute atomic E-state index is 0.201. The third-order valence-electron chi connectivity index (χ3n) is 3.38. The first-order valence-corrected chi connectivity index (χ1v) is 6.91.